The van der Waals surface area contributed by atoms with E-state index in [2.05, 4.69) is 4.90 Å². The highest BCUT2D eigenvalue weighted by atomic mass is 19.2. The summed E-state index contributed by atoms with van der Waals surface area (Å²) in [6.07, 6.45) is 3.33. The van der Waals surface area contributed by atoms with Gasteiger partial charge in [-0.3, -0.25) is 9.69 Å². The molecule has 2 nitrogen and oxygen atoms in total. The molecule has 21 heavy (non-hydrogen) atoms. The molecule has 0 radical (unpaired) electrons. The summed E-state index contributed by atoms with van der Waals surface area (Å²) in [6.45, 7) is 7.09. The van der Waals surface area contributed by atoms with Crippen LogP contribution in [0.2, 0.25) is 0 Å². The minimum atomic E-state index is -1.01. The van der Waals surface area contributed by atoms with Crippen molar-refractivity contribution >= 4 is 5.78 Å². The summed E-state index contributed by atoms with van der Waals surface area (Å²) in [7, 11) is 0. The lowest BCUT2D eigenvalue weighted by atomic mass is 9.82. The predicted molar refractivity (Wildman–Crippen MR) is 79.5 cm³/mol. The number of rotatable bonds is 5. The SMILES string of the molecule is CCC(CC)(C(=O)c1ccc(C)c(F)c1F)N1CCCC1. The van der Waals surface area contributed by atoms with Crippen LogP contribution in [0, 0.1) is 18.6 Å². The Morgan fingerprint density at radius 2 is 1.71 bits per heavy atom. The van der Waals surface area contributed by atoms with Crippen LogP contribution in [0.1, 0.15) is 55.5 Å². The van der Waals surface area contributed by atoms with Gasteiger partial charge in [-0.15, -0.1) is 0 Å². The van der Waals surface area contributed by atoms with Crippen LogP contribution >= 0.6 is 0 Å². The van der Waals surface area contributed by atoms with Crippen molar-refractivity contribution in [3.05, 3.63) is 34.9 Å². The monoisotopic (exact) mass is 295 g/mol. The molecule has 0 aliphatic carbocycles. The highest BCUT2D eigenvalue weighted by Crippen LogP contribution is 2.33. The molecule has 0 unspecified atom stereocenters. The quantitative estimate of drug-likeness (QED) is 0.762. The molecule has 0 spiro atoms. The first kappa shape index (κ1) is 16.1. The standard InChI is InChI=1S/C17H23F2NO/c1-4-17(5-2,20-10-6-7-11-20)16(21)13-9-8-12(3)14(18)15(13)19/h8-9H,4-7,10-11H2,1-3H3. The number of hydrogen-bond donors (Lipinski definition) is 0. The second-order valence-electron chi connectivity index (χ2n) is 5.82. The van der Waals surface area contributed by atoms with E-state index < -0.39 is 17.2 Å². The highest BCUT2D eigenvalue weighted by molar-refractivity contribution is 6.03. The van der Waals surface area contributed by atoms with Crippen LogP contribution in [-0.4, -0.2) is 29.3 Å². The molecule has 1 heterocycles. The van der Waals surface area contributed by atoms with Crippen LogP contribution < -0.4 is 0 Å². The minimum Gasteiger partial charge on any atom is -0.292 e. The Morgan fingerprint density at radius 3 is 2.24 bits per heavy atom. The zero-order valence-corrected chi connectivity index (χ0v) is 13.0. The molecular formula is C17H23F2NO. The van der Waals surface area contributed by atoms with E-state index in [-0.39, 0.29) is 16.9 Å². The highest BCUT2D eigenvalue weighted by Gasteiger charge is 2.43. The van der Waals surface area contributed by atoms with Crippen molar-refractivity contribution in [1.82, 2.24) is 4.90 Å². The number of carbonyl (C=O) groups is 1. The Morgan fingerprint density at radius 1 is 1.14 bits per heavy atom. The fourth-order valence-corrected chi connectivity index (χ4v) is 3.38. The Labute approximate surface area is 125 Å². The van der Waals surface area contributed by atoms with Gasteiger partial charge in [-0.1, -0.05) is 19.9 Å². The third-order valence-corrected chi connectivity index (χ3v) is 4.82. The zero-order valence-electron chi connectivity index (χ0n) is 13.0. The normalized spacial score (nSPS) is 16.4. The lowest BCUT2D eigenvalue weighted by Gasteiger charge is -2.39. The molecular weight excluding hydrogens is 272 g/mol. The van der Waals surface area contributed by atoms with Crippen molar-refractivity contribution in [1.29, 1.82) is 0 Å². The van der Waals surface area contributed by atoms with Gasteiger partial charge in [0.2, 0.25) is 0 Å². The van der Waals surface area contributed by atoms with Crippen LogP contribution in [0.25, 0.3) is 0 Å². The maximum Gasteiger partial charge on any atom is 0.186 e. The minimum absolute atomic E-state index is 0.117. The van der Waals surface area contributed by atoms with E-state index in [4.69, 9.17) is 0 Å². The largest absolute Gasteiger partial charge is 0.292 e. The van der Waals surface area contributed by atoms with Gasteiger partial charge in [0.05, 0.1) is 11.1 Å². The number of halogens is 2. The van der Waals surface area contributed by atoms with Crippen molar-refractivity contribution < 1.29 is 13.6 Å². The van der Waals surface area contributed by atoms with Crippen molar-refractivity contribution in [2.24, 2.45) is 0 Å². The van der Waals surface area contributed by atoms with Gasteiger partial charge in [-0.2, -0.15) is 0 Å². The molecule has 0 saturated carbocycles. The lowest BCUT2D eigenvalue weighted by molar-refractivity contribution is 0.0576. The van der Waals surface area contributed by atoms with Gasteiger partial charge in [-0.25, -0.2) is 8.78 Å². The van der Waals surface area contributed by atoms with Crippen molar-refractivity contribution in [2.75, 3.05) is 13.1 Å². The molecule has 0 aromatic heterocycles. The number of carbonyl (C=O) groups excluding carboxylic acids is 1. The van der Waals surface area contributed by atoms with E-state index in [9.17, 15) is 13.6 Å². The maximum absolute atomic E-state index is 14.2. The molecule has 1 saturated heterocycles. The van der Waals surface area contributed by atoms with Crippen LogP contribution in [0.5, 0.6) is 0 Å². The number of hydrogen-bond acceptors (Lipinski definition) is 2. The average Bonchev–Trinajstić information content (AvgIpc) is 3.01. The summed E-state index contributed by atoms with van der Waals surface area (Å²) in [5, 5.41) is 0. The summed E-state index contributed by atoms with van der Waals surface area (Å²) in [5.41, 5.74) is -0.600. The summed E-state index contributed by atoms with van der Waals surface area (Å²) < 4.78 is 28.0. The molecule has 2 rings (SSSR count). The Kier molecular flexibility index (Phi) is 4.77. The van der Waals surface area contributed by atoms with Crippen LogP contribution in [0.3, 0.4) is 0 Å². The number of nitrogens with zero attached hydrogens (tertiary/aromatic N) is 1. The molecule has 1 aliphatic heterocycles. The first-order valence-electron chi connectivity index (χ1n) is 7.72. The van der Waals surface area contributed by atoms with Gasteiger partial charge in [-0.05, 0) is 57.3 Å². The van der Waals surface area contributed by atoms with E-state index >= 15 is 0 Å². The molecule has 1 aromatic carbocycles. The van der Waals surface area contributed by atoms with Gasteiger partial charge < -0.3 is 0 Å². The summed E-state index contributed by atoms with van der Waals surface area (Å²) in [4.78, 5) is 15.1. The molecule has 4 heteroatoms. The molecule has 116 valence electrons. The summed E-state index contributed by atoms with van der Waals surface area (Å²) in [5.74, 6) is -2.21. The Hall–Kier alpha value is -1.29. The van der Waals surface area contributed by atoms with Crippen molar-refractivity contribution in [3.8, 4) is 0 Å². The molecule has 0 amide bonds. The molecule has 0 atom stereocenters. The number of ketones is 1. The molecule has 0 N–H and O–H groups in total. The first-order chi connectivity index (χ1) is 9.97. The van der Waals surface area contributed by atoms with Gasteiger partial charge in [0, 0.05) is 0 Å². The fraction of sp³-hybridized carbons (Fsp3) is 0.588. The van der Waals surface area contributed by atoms with Crippen molar-refractivity contribution in [3.63, 3.8) is 0 Å². The number of Topliss-reactive ketones (excluding diaryl/α,β-unsaturated/α-hetero) is 1. The first-order valence-corrected chi connectivity index (χ1v) is 7.72. The fourth-order valence-electron chi connectivity index (χ4n) is 3.38. The van der Waals surface area contributed by atoms with Gasteiger partial charge in [0.15, 0.2) is 17.4 Å². The molecule has 1 aliphatic rings. The second kappa shape index (κ2) is 6.22. The molecule has 1 aromatic rings. The second-order valence-corrected chi connectivity index (χ2v) is 5.82. The number of likely N-dealkylation sites (tertiary alicyclic amines) is 1. The van der Waals surface area contributed by atoms with E-state index in [1.54, 1.807) is 0 Å². The van der Waals surface area contributed by atoms with Gasteiger partial charge in [0.1, 0.15) is 0 Å². The van der Waals surface area contributed by atoms with Crippen molar-refractivity contribution in [2.45, 2.75) is 52.0 Å². The summed E-state index contributed by atoms with van der Waals surface area (Å²) in [6, 6.07) is 2.90. The Balaban J connectivity index is 2.46. The van der Waals surface area contributed by atoms with E-state index in [1.807, 2.05) is 13.8 Å². The number of benzene rings is 1. The third-order valence-electron chi connectivity index (χ3n) is 4.82. The third kappa shape index (κ3) is 2.61. The lowest BCUT2D eigenvalue weighted by Crippen LogP contribution is -2.53. The topological polar surface area (TPSA) is 20.3 Å². The van der Waals surface area contributed by atoms with Crippen LogP contribution in [-0.2, 0) is 0 Å². The van der Waals surface area contributed by atoms with E-state index in [0.29, 0.717) is 12.8 Å². The zero-order chi connectivity index (χ0) is 15.6. The molecule has 0 bridgehead atoms. The van der Waals surface area contributed by atoms with Crippen LogP contribution in [0.4, 0.5) is 8.78 Å². The molecule has 1 fully saturated rings. The average molecular weight is 295 g/mol. The smallest absolute Gasteiger partial charge is 0.186 e. The van der Waals surface area contributed by atoms with E-state index in [0.717, 1.165) is 25.9 Å². The Bertz CT molecular complexity index is 532. The van der Waals surface area contributed by atoms with Gasteiger partial charge in [0.25, 0.3) is 0 Å². The van der Waals surface area contributed by atoms with Crippen LogP contribution in [0.15, 0.2) is 12.1 Å². The maximum atomic E-state index is 14.2. The predicted octanol–water partition coefficient (Wildman–Crippen LogP) is 4.11. The van der Waals surface area contributed by atoms with E-state index in [1.165, 1.54) is 19.1 Å². The number of aryl methyl sites for hydroxylation is 1. The summed E-state index contributed by atoms with van der Waals surface area (Å²) >= 11 is 0. The van der Waals surface area contributed by atoms with Gasteiger partial charge >= 0.3 is 0 Å².